The summed E-state index contributed by atoms with van der Waals surface area (Å²) in [5.74, 6) is 5.69. The molecule has 0 bridgehead atoms. The fraction of sp³-hybridized carbons (Fsp3) is 0.438. The number of aliphatic hydroxyl groups is 1. The monoisotopic (exact) mass is 275 g/mol. The largest absolute Gasteiger partial charge is 0.395 e. The Labute approximate surface area is 118 Å². The molecule has 0 aliphatic heterocycles. The molecule has 0 saturated heterocycles. The molecule has 2 atom stereocenters. The molecule has 0 aromatic heterocycles. The van der Waals surface area contributed by atoms with E-state index in [-0.39, 0.29) is 18.1 Å². The summed E-state index contributed by atoms with van der Waals surface area (Å²) in [6.07, 6.45) is 1.48. The van der Waals surface area contributed by atoms with Gasteiger partial charge in [0.2, 0.25) is 0 Å². The Morgan fingerprint density at radius 2 is 2.30 bits per heavy atom. The van der Waals surface area contributed by atoms with E-state index in [0.29, 0.717) is 30.4 Å². The van der Waals surface area contributed by atoms with Crippen LogP contribution in [0.25, 0.3) is 0 Å². The number of carbonyl (C=O) groups is 1. The van der Waals surface area contributed by atoms with Gasteiger partial charge in [-0.15, -0.1) is 0 Å². The number of aliphatic hydroxyl groups excluding tert-OH is 1. The lowest BCUT2D eigenvalue weighted by Crippen LogP contribution is -2.26. The fourth-order valence-corrected chi connectivity index (χ4v) is 2.00. The molecule has 2 rings (SSSR count). The summed E-state index contributed by atoms with van der Waals surface area (Å²) >= 11 is 0. The van der Waals surface area contributed by atoms with Gasteiger partial charge in [0.05, 0.1) is 12.2 Å². The third-order valence-corrected chi connectivity index (χ3v) is 3.48. The topological polar surface area (TPSA) is 49.3 Å². The van der Waals surface area contributed by atoms with Gasteiger partial charge in [0.15, 0.2) is 0 Å². The van der Waals surface area contributed by atoms with E-state index in [1.165, 1.54) is 12.1 Å². The van der Waals surface area contributed by atoms with Crippen molar-refractivity contribution in [2.45, 2.75) is 19.8 Å². The van der Waals surface area contributed by atoms with E-state index in [1.54, 1.807) is 6.07 Å². The van der Waals surface area contributed by atoms with Crippen molar-refractivity contribution in [3.8, 4) is 11.8 Å². The van der Waals surface area contributed by atoms with Crippen LogP contribution in [0.3, 0.4) is 0 Å². The molecule has 1 amide bonds. The fourth-order valence-electron chi connectivity index (χ4n) is 2.00. The number of carbonyl (C=O) groups excluding carboxylic acids is 1. The second-order valence-corrected chi connectivity index (χ2v) is 5.15. The number of benzene rings is 1. The lowest BCUT2D eigenvalue weighted by molar-refractivity contribution is 0.0947. The first kappa shape index (κ1) is 14.5. The molecule has 1 saturated carbocycles. The first-order valence-corrected chi connectivity index (χ1v) is 6.79. The standard InChI is InChI=1S/C16H18FNO2/c1-11-8-13(11)10-18-16(20)14-6-5-12(9-15(14)17)4-2-3-7-19/h5-6,9,11,13,19H,3,7-8,10H2,1H3,(H,18,20). The van der Waals surface area contributed by atoms with Gasteiger partial charge in [-0.05, 0) is 36.5 Å². The zero-order chi connectivity index (χ0) is 14.5. The molecule has 0 heterocycles. The van der Waals surface area contributed by atoms with Crippen LogP contribution in [0.1, 0.15) is 35.7 Å². The molecule has 2 N–H and O–H groups in total. The van der Waals surface area contributed by atoms with E-state index in [0.717, 1.165) is 6.42 Å². The van der Waals surface area contributed by atoms with Gasteiger partial charge in [-0.2, -0.15) is 0 Å². The third-order valence-electron chi connectivity index (χ3n) is 3.48. The van der Waals surface area contributed by atoms with E-state index in [2.05, 4.69) is 24.1 Å². The predicted octanol–water partition coefficient (Wildman–Crippen LogP) is 1.95. The van der Waals surface area contributed by atoms with E-state index in [4.69, 9.17) is 5.11 Å². The Morgan fingerprint density at radius 3 is 2.90 bits per heavy atom. The average molecular weight is 275 g/mol. The molecule has 20 heavy (non-hydrogen) atoms. The van der Waals surface area contributed by atoms with Crippen molar-refractivity contribution in [2.24, 2.45) is 11.8 Å². The highest BCUT2D eigenvalue weighted by Crippen LogP contribution is 2.36. The van der Waals surface area contributed by atoms with Crippen LogP contribution in [-0.2, 0) is 0 Å². The number of rotatable bonds is 4. The lowest BCUT2D eigenvalue weighted by atomic mass is 10.1. The molecule has 1 aromatic rings. The van der Waals surface area contributed by atoms with Crippen molar-refractivity contribution in [3.05, 3.63) is 35.1 Å². The number of hydrogen-bond donors (Lipinski definition) is 2. The van der Waals surface area contributed by atoms with Gasteiger partial charge < -0.3 is 10.4 Å². The van der Waals surface area contributed by atoms with Crippen LogP contribution < -0.4 is 5.32 Å². The molecule has 0 radical (unpaired) electrons. The first-order chi connectivity index (χ1) is 9.61. The smallest absolute Gasteiger partial charge is 0.254 e. The van der Waals surface area contributed by atoms with Gasteiger partial charge in [0.1, 0.15) is 5.82 Å². The normalized spacial score (nSPS) is 19.9. The van der Waals surface area contributed by atoms with Crippen molar-refractivity contribution in [2.75, 3.05) is 13.2 Å². The highest BCUT2D eigenvalue weighted by atomic mass is 19.1. The number of halogens is 1. The van der Waals surface area contributed by atoms with Crippen LogP contribution in [0, 0.1) is 29.5 Å². The summed E-state index contributed by atoms with van der Waals surface area (Å²) in [6.45, 7) is 2.73. The predicted molar refractivity (Wildman–Crippen MR) is 74.6 cm³/mol. The van der Waals surface area contributed by atoms with Crippen LogP contribution in [0.2, 0.25) is 0 Å². The number of amides is 1. The second-order valence-electron chi connectivity index (χ2n) is 5.15. The van der Waals surface area contributed by atoms with E-state index >= 15 is 0 Å². The molecule has 106 valence electrons. The zero-order valence-corrected chi connectivity index (χ0v) is 11.4. The molecule has 3 nitrogen and oxygen atoms in total. The molecule has 1 aromatic carbocycles. The van der Waals surface area contributed by atoms with Gasteiger partial charge in [0, 0.05) is 18.5 Å². The van der Waals surface area contributed by atoms with E-state index in [1.807, 2.05) is 0 Å². The molecule has 2 unspecified atom stereocenters. The molecular weight excluding hydrogens is 257 g/mol. The highest BCUT2D eigenvalue weighted by Gasteiger charge is 2.32. The Kier molecular flexibility index (Phi) is 4.75. The first-order valence-electron chi connectivity index (χ1n) is 6.79. The highest BCUT2D eigenvalue weighted by molar-refractivity contribution is 5.94. The maximum atomic E-state index is 13.8. The second kappa shape index (κ2) is 6.53. The van der Waals surface area contributed by atoms with Gasteiger partial charge in [-0.1, -0.05) is 18.8 Å². The maximum absolute atomic E-state index is 13.8. The minimum atomic E-state index is -0.567. The summed E-state index contributed by atoms with van der Waals surface area (Å²) in [6, 6.07) is 4.31. The van der Waals surface area contributed by atoms with Crippen LogP contribution in [0.5, 0.6) is 0 Å². The average Bonchev–Trinajstić information content (AvgIpc) is 3.12. The Hall–Kier alpha value is -1.86. The molecule has 1 aliphatic carbocycles. The van der Waals surface area contributed by atoms with Gasteiger partial charge in [0.25, 0.3) is 5.91 Å². The van der Waals surface area contributed by atoms with Crippen LogP contribution in [0.4, 0.5) is 4.39 Å². The van der Waals surface area contributed by atoms with Crippen LogP contribution in [0.15, 0.2) is 18.2 Å². The zero-order valence-electron chi connectivity index (χ0n) is 11.4. The number of hydrogen-bond acceptors (Lipinski definition) is 2. The van der Waals surface area contributed by atoms with Crippen molar-refractivity contribution in [1.82, 2.24) is 5.32 Å². The van der Waals surface area contributed by atoms with Crippen molar-refractivity contribution in [1.29, 1.82) is 0 Å². The molecule has 0 spiro atoms. The maximum Gasteiger partial charge on any atom is 0.254 e. The van der Waals surface area contributed by atoms with Crippen LogP contribution in [-0.4, -0.2) is 24.2 Å². The van der Waals surface area contributed by atoms with Crippen molar-refractivity contribution in [3.63, 3.8) is 0 Å². The Morgan fingerprint density at radius 1 is 1.55 bits per heavy atom. The van der Waals surface area contributed by atoms with Crippen molar-refractivity contribution < 1.29 is 14.3 Å². The quantitative estimate of drug-likeness (QED) is 0.825. The summed E-state index contributed by atoms with van der Waals surface area (Å²) < 4.78 is 13.8. The molecule has 1 fully saturated rings. The SMILES string of the molecule is CC1CC1CNC(=O)c1ccc(C#CCCO)cc1F. The van der Waals surface area contributed by atoms with Crippen molar-refractivity contribution >= 4 is 5.91 Å². The summed E-state index contributed by atoms with van der Waals surface area (Å²) in [4.78, 5) is 11.9. The summed E-state index contributed by atoms with van der Waals surface area (Å²) in [7, 11) is 0. The minimum Gasteiger partial charge on any atom is -0.395 e. The molecule has 4 heteroatoms. The van der Waals surface area contributed by atoms with E-state index < -0.39 is 5.82 Å². The van der Waals surface area contributed by atoms with Gasteiger partial charge in [-0.25, -0.2) is 4.39 Å². The number of nitrogens with one attached hydrogen (secondary N) is 1. The third kappa shape index (κ3) is 3.82. The summed E-state index contributed by atoms with van der Waals surface area (Å²) in [5.41, 5.74) is 0.550. The van der Waals surface area contributed by atoms with E-state index in [9.17, 15) is 9.18 Å². The molecular formula is C16H18FNO2. The van der Waals surface area contributed by atoms with Gasteiger partial charge >= 0.3 is 0 Å². The lowest BCUT2D eigenvalue weighted by Gasteiger charge is -2.05. The summed E-state index contributed by atoms with van der Waals surface area (Å²) in [5, 5.41) is 11.4. The Bertz CT molecular complexity index is 559. The van der Waals surface area contributed by atoms with Crippen LogP contribution >= 0.6 is 0 Å². The minimum absolute atomic E-state index is 0.0183. The van der Waals surface area contributed by atoms with Gasteiger partial charge in [-0.3, -0.25) is 4.79 Å². The molecule has 1 aliphatic rings. The Balaban J connectivity index is 1.98.